The van der Waals surface area contributed by atoms with Gasteiger partial charge in [0.05, 0.1) is 10.6 Å². The summed E-state index contributed by atoms with van der Waals surface area (Å²) in [6, 6.07) is 12.1. The number of nitrogens with zero attached hydrogens (tertiary/aromatic N) is 3. The van der Waals surface area contributed by atoms with Crippen molar-refractivity contribution in [2.24, 2.45) is 11.5 Å². The molecule has 11 heteroatoms. The summed E-state index contributed by atoms with van der Waals surface area (Å²) >= 11 is 0. The van der Waals surface area contributed by atoms with Gasteiger partial charge in [-0.15, -0.1) is 0 Å². The highest BCUT2D eigenvalue weighted by atomic mass is 32.2. The van der Waals surface area contributed by atoms with E-state index in [2.05, 4.69) is 0 Å². The molecule has 0 aromatic heterocycles. The van der Waals surface area contributed by atoms with Gasteiger partial charge in [-0.05, 0) is 53.9 Å². The Bertz CT molecular complexity index is 1180. The van der Waals surface area contributed by atoms with Gasteiger partial charge in [0.2, 0.25) is 0 Å². The Balaban J connectivity index is 1.44. The SMILES string of the molecule is CN(c1ccc2c(c1)CN(C(=N)N)CC2)S(=O)(=O)c1ccc(OC2CCN(C(=N)N)CC2)cc1. The average molecular weight is 486 g/mol. The summed E-state index contributed by atoms with van der Waals surface area (Å²) in [6.07, 6.45) is 2.27. The molecular formula is C23H31N7O3S. The van der Waals surface area contributed by atoms with Gasteiger partial charge in [0, 0.05) is 46.1 Å². The lowest BCUT2D eigenvalue weighted by Gasteiger charge is -2.32. The summed E-state index contributed by atoms with van der Waals surface area (Å²) in [5.41, 5.74) is 13.8. The Kier molecular flexibility index (Phi) is 6.56. The van der Waals surface area contributed by atoms with Gasteiger partial charge >= 0.3 is 0 Å². The number of rotatable bonds is 5. The predicted octanol–water partition coefficient (Wildman–Crippen LogP) is 1.50. The van der Waals surface area contributed by atoms with Gasteiger partial charge in [-0.25, -0.2) is 8.42 Å². The molecule has 0 spiro atoms. The van der Waals surface area contributed by atoms with Crippen molar-refractivity contribution in [2.45, 2.75) is 36.8 Å². The largest absolute Gasteiger partial charge is 0.490 e. The van der Waals surface area contributed by atoms with E-state index in [0.29, 0.717) is 37.6 Å². The number of fused-ring (bicyclic) bond motifs is 1. The lowest BCUT2D eigenvalue weighted by molar-refractivity contribution is 0.130. The summed E-state index contributed by atoms with van der Waals surface area (Å²) in [4.78, 5) is 3.75. The number of nitrogens with one attached hydrogen (secondary N) is 2. The molecule has 2 heterocycles. The number of anilines is 1. The number of hydrogen-bond acceptors (Lipinski definition) is 5. The molecule has 0 atom stereocenters. The molecule has 10 nitrogen and oxygen atoms in total. The highest BCUT2D eigenvalue weighted by Gasteiger charge is 2.25. The van der Waals surface area contributed by atoms with E-state index in [9.17, 15) is 8.42 Å². The van der Waals surface area contributed by atoms with Gasteiger partial charge in [0.15, 0.2) is 11.9 Å². The zero-order chi connectivity index (χ0) is 24.5. The number of likely N-dealkylation sites (tertiary alicyclic amines) is 1. The predicted molar refractivity (Wildman–Crippen MR) is 132 cm³/mol. The van der Waals surface area contributed by atoms with E-state index in [0.717, 1.165) is 30.4 Å². The monoisotopic (exact) mass is 485 g/mol. The van der Waals surface area contributed by atoms with E-state index >= 15 is 0 Å². The maximum absolute atomic E-state index is 13.3. The highest BCUT2D eigenvalue weighted by molar-refractivity contribution is 7.92. The highest BCUT2D eigenvalue weighted by Crippen LogP contribution is 2.29. The van der Waals surface area contributed by atoms with Crippen LogP contribution < -0.4 is 20.5 Å². The summed E-state index contributed by atoms with van der Waals surface area (Å²) in [6.45, 7) is 2.51. The van der Waals surface area contributed by atoms with E-state index in [1.165, 1.54) is 11.4 Å². The molecule has 4 rings (SSSR count). The van der Waals surface area contributed by atoms with Crippen molar-refractivity contribution < 1.29 is 13.2 Å². The summed E-state index contributed by atoms with van der Waals surface area (Å²) in [5, 5.41) is 15.2. The minimum atomic E-state index is -3.76. The molecule has 0 bridgehead atoms. The van der Waals surface area contributed by atoms with Gasteiger partial charge in [0.25, 0.3) is 10.0 Å². The van der Waals surface area contributed by atoms with Crippen LogP contribution in [0.15, 0.2) is 47.4 Å². The van der Waals surface area contributed by atoms with Crippen LogP contribution >= 0.6 is 0 Å². The Morgan fingerprint density at radius 2 is 1.62 bits per heavy atom. The Morgan fingerprint density at radius 1 is 0.971 bits per heavy atom. The standard InChI is InChI=1S/C23H31N7O3S/c1-28(18-3-2-16-8-11-30(23(26)27)15-17(16)14-18)34(31,32)21-6-4-19(5-7-21)33-20-9-12-29(13-10-20)22(24)25/h2-7,14,20H,8-13,15H2,1H3,(H3,24,25)(H3,26,27). The molecule has 2 aliphatic rings. The van der Waals surface area contributed by atoms with Gasteiger partial charge in [-0.3, -0.25) is 15.1 Å². The van der Waals surface area contributed by atoms with Crippen LogP contribution in [0, 0.1) is 10.8 Å². The van der Waals surface area contributed by atoms with Crippen molar-refractivity contribution in [3.8, 4) is 5.75 Å². The Hall–Kier alpha value is -3.47. The molecular weight excluding hydrogens is 454 g/mol. The fourth-order valence-electron chi connectivity index (χ4n) is 4.34. The van der Waals surface area contributed by atoms with Crippen LogP contribution in [0.1, 0.15) is 24.0 Å². The van der Waals surface area contributed by atoms with E-state index in [-0.39, 0.29) is 22.9 Å². The maximum atomic E-state index is 13.3. The van der Waals surface area contributed by atoms with Gasteiger partial charge in [-0.1, -0.05) is 6.07 Å². The topological polar surface area (TPSA) is 153 Å². The van der Waals surface area contributed by atoms with Crippen molar-refractivity contribution >= 4 is 27.6 Å². The fourth-order valence-corrected chi connectivity index (χ4v) is 5.53. The first-order valence-electron chi connectivity index (χ1n) is 11.2. The second-order valence-electron chi connectivity index (χ2n) is 8.64. The van der Waals surface area contributed by atoms with Gasteiger partial charge < -0.3 is 26.0 Å². The fraction of sp³-hybridized carbons (Fsp3) is 0.391. The van der Waals surface area contributed by atoms with Crippen LogP contribution in [0.25, 0.3) is 0 Å². The smallest absolute Gasteiger partial charge is 0.264 e. The van der Waals surface area contributed by atoms with Crippen LogP contribution in [-0.4, -0.2) is 62.9 Å². The molecule has 2 aromatic rings. The van der Waals surface area contributed by atoms with Crippen LogP contribution in [0.2, 0.25) is 0 Å². The Labute approximate surface area is 200 Å². The first-order chi connectivity index (χ1) is 16.1. The molecule has 182 valence electrons. The number of benzene rings is 2. The van der Waals surface area contributed by atoms with Crippen molar-refractivity contribution in [3.63, 3.8) is 0 Å². The number of ether oxygens (including phenoxy) is 1. The van der Waals surface area contributed by atoms with Crippen molar-refractivity contribution in [3.05, 3.63) is 53.6 Å². The summed E-state index contributed by atoms with van der Waals surface area (Å²) in [5.74, 6) is 0.706. The molecule has 1 fully saturated rings. The zero-order valence-corrected chi connectivity index (χ0v) is 20.0. The summed E-state index contributed by atoms with van der Waals surface area (Å²) < 4.78 is 33.8. The first-order valence-corrected chi connectivity index (χ1v) is 12.6. The third-order valence-corrected chi connectivity index (χ3v) is 8.27. The molecule has 1 saturated heterocycles. The van der Waals surface area contributed by atoms with E-state index in [1.54, 1.807) is 29.2 Å². The van der Waals surface area contributed by atoms with E-state index in [1.807, 2.05) is 23.1 Å². The minimum absolute atomic E-state index is 0.00536. The summed E-state index contributed by atoms with van der Waals surface area (Å²) in [7, 11) is -2.22. The van der Waals surface area contributed by atoms with Gasteiger partial charge in [-0.2, -0.15) is 0 Å². The van der Waals surface area contributed by atoms with E-state index in [4.69, 9.17) is 27.0 Å². The minimum Gasteiger partial charge on any atom is -0.490 e. The second-order valence-corrected chi connectivity index (χ2v) is 10.6. The van der Waals surface area contributed by atoms with Gasteiger partial charge in [0.1, 0.15) is 11.9 Å². The van der Waals surface area contributed by atoms with Crippen molar-refractivity contribution in [1.82, 2.24) is 9.80 Å². The third-order valence-electron chi connectivity index (χ3n) is 6.47. The molecule has 0 aliphatic carbocycles. The number of hydrogen-bond donors (Lipinski definition) is 4. The molecule has 0 radical (unpaired) electrons. The van der Waals surface area contributed by atoms with E-state index < -0.39 is 10.0 Å². The molecule has 6 N–H and O–H groups in total. The molecule has 2 aromatic carbocycles. The second kappa shape index (κ2) is 9.41. The maximum Gasteiger partial charge on any atom is 0.264 e. The molecule has 34 heavy (non-hydrogen) atoms. The van der Waals surface area contributed by atoms with Crippen LogP contribution in [0.3, 0.4) is 0 Å². The average Bonchev–Trinajstić information content (AvgIpc) is 2.83. The Morgan fingerprint density at radius 3 is 2.24 bits per heavy atom. The normalized spacial score (nSPS) is 16.6. The molecule has 2 aliphatic heterocycles. The van der Waals surface area contributed by atoms with Crippen molar-refractivity contribution in [1.29, 1.82) is 10.8 Å². The van der Waals surface area contributed by atoms with Crippen LogP contribution in [0.4, 0.5) is 5.69 Å². The van der Waals surface area contributed by atoms with Crippen LogP contribution in [0.5, 0.6) is 5.75 Å². The van der Waals surface area contributed by atoms with Crippen LogP contribution in [-0.2, 0) is 23.0 Å². The number of guanidine groups is 2. The quantitative estimate of drug-likeness (QED) is 0.370. The van der Waals surface area contributed by atoms with Crippen molar-refractivity contribution in [2.75, 3.05) is 31.0 Å². The number of sulfonamides is 1. The number of nitrogens with two attached hydrogens (primary N) is 2. The lowest BCUT2D eigenvalue weighted by atomic mass is 9.99. The third kappa shape index (κ3) is 4.89. The first kappa shape index (κ1) is 23.7. The molecule has 0 unspecified atom stereocenters. The number of piperidine rings is 1. The molecule has 0 amide bonds. The lowest BCUT2D eigenvalue weighted by Crippen LogP contribution is -2.44. The molecule has 0 saturated carbocycles. The zero-order valence-electron chi connectivity index (χ0n) is 19.2.